The molecule has 1 amide bonds. The van der Waals surface area contributed by atoms with Gasteiger partial charge in [-0.1, -0.05) is 12.1 Å². The van der Waals surface area contributed by atoms with Crippen molar-refractivity contribution >= 4 is 43.3 Å². The van der Waals surface area contributed by atoms with Gasteiger partial charge in [0.1, 0.15) is 5.75 Å². The first-order chi connectivity index (χ1) is 13.9. The highest BCUT2D eigenvalue weighted by Crippen LogP contribution is 2.32. The van der Waals surface area contributed by atoms with Crippen LogP contribution >= 0.6 is 15.9 Å². The molecule has 0 aromatic heterocycles. The normalized spacial score (nSPS) is 17.9. The number of sulfonamides is 1. The number of halogens is 1. The van der Waals surface area contributed by atoms with Crippen LogP contribution < -0.4 is 10.1 Å². The molecular weight excluding hydrogens is 460 g/mol. The van der Waals surface area contributed by atoms with Gasteiger partial charge in [0.2, 0.25) is 10.0 Å². The molecule has 0 aliphatic carbocycles. The number of Topliss-reactive ketones (excluding diaryl/α,β-unsaturated/α-hetero) is 1. The van der Waals surface area contributed by atoms with Gasteiger partial charge in [0.25, 0.3) is 5.91 Å². The highest BCUT2D eigenvalue weighted by Gasteiger charge is 2.33. The number of benzene rings is 2. The molecule has 4 rings (SSSR count). The molecule has 2 aromatic carbocycles. The summed E-state index contributed by atoms with van der Waals surface area (Å²) >= 11 is 3.30. The van der Waals surface area contributed by atoms with Gasteiger partial charge in [-0.2, -0.15) is 4.31 Å². The van der Waals surface area contributed by atoms with Crippen molar-refractivity contribution in [3.05, 3.63) is 52.5 Å². The van der Waals surface area contributed by atoms with Gasteiger partial charge in [0.05, 0.1) is 10.6 Å². The summed E-state index contributed by atoms with van der Waals surface area (Å²) < 4.78 is 33.1. The predicted octanol–water partition coefficient (Wildman–Crippen LogP) is 3.06. The van der Waals surface area contributed by atoms with E-state index >= 15 is 0 Å². The van der Waals surface area contributed by atoms with Gasteiger partial charge in [-0.3, -0.25) is 9.59 Å². The largest absolute Gasteiger partial charge is 0.482 e. The minimum absolute atomic E-state index is 0.0369. The van der Waals surface area contributed by atoms with Crippen molar-refractivity contribution in [3.63, 3.8) is 0 Å². The van der Waals surface area contributed by atoms with Gasteiger partial charge in [-0.15, -0.1) is 0 Å². The molecule has 2 heterocycles. The number of carbonyl (C=O) groups is 2. The Morgan fingerprint density at radius 1 is 1.14 bits per heavy atom. The Kier molecular flexibility index (Phi) is 5.46. The van der Waals surface area contributed by atoms with Crippen LogP contribution in [-0.2, 0) is 14.8 Å². The van der Waals surface area contributed by atoms with E-state index in [1.165, 1.54) is 4.31 Å². The second-order valence-electron chi connectivity index (χ2n) is 7.02. The van der Waals surface area contributed by atoms with Gasteiger partial charge >= 0.3 is 0 Å². The van der Waals surface area contributed by atoms with Gasteiger partial charge in [0.15, 0.2) is 12.4 Å². The van der Waals surface area contributed by atoms with Crippen LogP contribution in [0.4, 0.5) is 5.69 Å². The lowest BCUT2D eigenvalue weighted by molar-refractivity contribution is -0.118. The highest BCUT2D eigenvalue weighted by molar-refractivity contribution is 9.10. The minimum Gasteiger partial charge on any atom is -0.482 e. The van der Waals surface area contributed by atoms with Crippen LogP contribution in [0.25, 0.3) is 0 Å². The van der Waals surface area contributed by atoms with Crippen LogP contribution in [0, 0.1) is 5.92 Å². The smallest absolute Gasteiger partial charge is 0.262 e. The molecule has 1 fully saturated rings. The molecule has 0 bridgehead atoms. The number of nitrogens with zero attached hydrogens (tertiary/aromatic N) is 1. The zero-order valence-electron chi connectivity index (χ0n) is 15.4. The maximum Gasteiger partial charge on any atom is 0.262 e. The van der Waals surface area contributed by atoms with Crippen LogP contribution in [0.15, 0.2) is 51.8 Å². The van der Waals surface area contributed by atoms with Crippen molar-refractivity contribution in [2.75, 3.05) is 25.0 Å². The zero-order valence-corrected chi connectivity index (χ0v) is 17.8. The lowest BCUT2D eigenvalue weighted by Crippen LogP contribution is -2.40. The SMILES string of the molecule is O=C1COc2ccc(C(=O)C3CCN(S(=O)(=O)c4ccccc4Br)CC3)cc2N1. The topological polar surface area (TPSA) is 92.8 Å². The molecule has 9 heteroatoms. The third-order valence-electron chi connectivity index (χ3n) is 5.18. The molecule has 0 radical (unpaired) electrons. The van der Waals surface area contributed by atoms with Crippen molar-refractivity contribution < 1.29 is 22.7 Å². The molecule has 29 heavy (non-hydrogen) atoms. The number of anilines is 1. The molecule has 2 aliphatic heterocycles. The maximum absolute atomic E-state index is 12.9. The van der Waals surface area contributed by atoms with E-state index in [-0.39, 0.29) is 42.2 Å². The number of piperidine rings is 1. The standard InChI is InChI=1S/C20H19BrN2O5S/c21-15-3-1-2-4-18(15)29(26,27)23-9-7-13(8-10-23)20(25)14-5-6-17-16(11-14)22-19(24)12-28-17/h1-6,11,13H,7-10,12H2,(H,22,24). The first kappa shape index (κ1) is 20.1. The Labute approximate surface area is 177 Å². The number of amides is 1. The monoisotopic (exact) mass is 478 g/mol. The number of ether oxygens (including phenoxy) is 1. The predicted molar refractivity (Wildman–Crippen MR) is 111 cm³/mol. The first-order valence-corrected chi connectivity index (χ1v) is 11.4. The second-order valence-corrected chi connectivity index (χ2v) is 9.78. The second kappa shape index (κ2) is 7.89. The quantitative estimate of drug-likeness (QED) is 0.681. The number of ketones is 1. The Hall–Kier alpha value is -2.23. The fourth-order valence-corrected chi connectivity index (χ4v) is 6.06. The average Bonchev–Trinajstić information content (AvgIpc) is 2.73. The summed E-state index contributed by atoms with van der Waals surface area (Å²) in [4.78, 5) is 24.6. The number of hydrogen-bond acceptors (Lipinski definition) is 5. The van der Waals surface area contributed by atoms with E-state index in [9.17, 15) is 18.0 Å². The van der Waals surface area contributed by atoms with Crippen molar-refractivity contribution in [1.82, 2.24) is 4.31 Å². The summed E-state index contributed by atoms with van der Waals surface area (Å²) in [5.74, 6) is -0.0346. The number of hydrogen-bond donors (Lipinski definition) is 1. The number of rotatable bonds is 4. The highest BCUT2D eigenvalue weighted by atomic mass is 79.9. The maximum atomic E-state index is 12.9. The van der Waals surface area contributed by atoms with Crippen molar-refractivity contribution in [1.29, 1.82) is 0 Å². The molecular formula is C20H19BrN2O5S. The number of nitrogens with one attached hydrogen (secondary N) is 1. The van der Waals surface area contributed by atoms with E-state index in [2.05, 4.69) is 21.2 Å². The van der Waals surface area contributed by atoms with Crippen LogP contribution in [0.2, 0.25) is 0 Å². The van der Waals surface area contributed by atoms with Crippen LogP contribution in [0.3, 0.4) is 0 Å². The summed E-state index contributed by atoms with van der Waals surface area (Å²) in [6.07, 6.45) is 0.894. The summed E-state index contributed by atoms with van der Waals surface area (Å²) in [5, 5.41) is 2.70. The molecule has 2 aromatic rings. The van der Waals surface area contributed by atoms with Gasteiger partial charge in [-0.25, -0.2) is 8.42 Å². The molecule has 0 atom stereocenters. The van der Waals surface area contributed by atoms with Gasteiger partial charge in [-0.05, 0) is 59.1 Å². The number of carbonyl (C=O) groups excluding carboxylic acids is 2. The Morgan fingerprint density at radius 2 is 1.86 bits per heavy atom. The molecule has 2 aliphatic rings. The van der Waals surface area contributed by atoms with Crippen molar-refractivity contribution in [2.45, 2.75) is 17.7 Å². The summed E-state index contributed by atoms with van der Waals surface area (Å²) in [5.41, 5.74) is 0.975. The molecule has 7 nitrogen and oxygen atoms in total. The zero-order chi connectivity index (χ0) is 20.6. The fourth-order valence-electron chi connectivity index (χ4n) is 3.62. The average molecular weight is 479 g/mol. The Bertz CT molecular complexity index is 1080. The minimum atomic E-state index is -3.61. The van der Waals surface area contributed by atoms with E-state index in [1.807, 2.05) is 0 Å². The van der Waals surface area contributed by atoms with Crippen LogP contribution in [-0.4, -0.2) is 44.1 Å². The van der Waals surface area contributed by atoms with Crippen molar-refractivity contribution in [2.24, 2.45) is 5.92 Å². The molecule has 0 unspecified atom stereocenters. The molecule has 0 spiro atoms. The molecule has 152 valence electrons. The van der Waals surface area contributed by atoms with E-state index < -0.39 is 10.0 Å². The number of fused-ring (bicyclic) bond motifs is 1. The van der Waals surface area contributed by atoms with E-state index in [0.29, 0.717) is 34.3 Å². The third kappa shape index (κ3) is 3.94. The lowest BCUT2D eigenvalue weighted by atomic mass is 9.89. The van der Waals surface area contributed by atoms with Gasteiger partial charge < -0.3 is 10.1 Å². The fraction of sp³-hybridized carbons (Fsp3) is 0.300. The molecule has 1 N–H and O–H groups in total. The van der Waals surface area contributed by atoms with Crippen LogP contribution in [0.1, 0.15) is 23.2 Å². The summed E-state index contributed by atoms with van der Waals surface area (Å²) in [7, 11) is -3.61. The third-order valence-corrected chi connectivity index (χ3v) is 8.09. The van der Waals surface area contributed by atoms with Crippen molar-refractivity contribution in [3.8, 4) is 5.75 Å². The molecule has 1 saturated heterocycles. The van der Waals surface area contributed by atoms with E-state index in [4.69, 9.17) is 4.74 Å². The molecule has 0 saturated carbocycles. The first-order valence-electron chi connectivity index (χ1n) is 9.22. The lowest BCUT2D eigenvalue weighted by Gasteiger charge is -2.31. The van der Waals surface area contributed by atoms with E-state index in [1.54, 1.807) is 42.5 Å². The van der Waals surface area contributed by atoms with E-state index in [0.717, 1.165) is 0 Å². The summed E-state index contributed by atoms with van der Waals surface area (Å²) in [6, 6.07) is 11.7. The Morgan fingerprint density at radius 3 is 2.59 bits per heavy atom. The van der Waals surface area contributed by atoms with Gasteiger partial charge in [0, 0.05) is 29.0 Å². The van der Waals surface area contributed by atoms with Crippen LogP contribution in [0.5, 0.6) is 5.75 Å². The summed E-state index contributed by atoms with van der Waals surface area (Å²) in [6.45, 7) is 0.528. The Balaban J connectivity index is 1.46.